The van der Waals surface area contributed by atoms with Crippen molar-refractivity contribution in [1.29, 1.82) is 0 Å². The topological polar surface area (TPSA) is 63.5 Å². The lowest BCUT2D eigenvalue weighted by Gasteiger charge is -2.11. The molecule has 0 aliphatic rings. The van der Waals surface area contributed by atoms with Crippen LogP contribution < -0.4 is 15.4 Å². The molecule has 0 aliphatic carbocycles. The van der Waals surface area contributed by atoms with Crippen LogP contribution in [-0.2, 0) is 12.8 Å². The van der Waals surface area contributed by atoms with E-state index in [1.54, 1.807) is 7.11 Å². The molecular formula is C23H29N5O. The van der Waals surface area contributed by atoms with E-state index in [-0.39, 0.29) is 0 Å². The number of benzene rings is 2. The van der Waals surface area contributed by atoms with Crippen LogP contribution in [0, 0.1) is 0 Å². The highest BCUT2D eigenvalue weighted by Crippen LogP contribution is 2.11. The van der Waals surface area contributed by atoms with Gasteiger partial charge in [0.2, 0.25) is 0 Å². The van der Waals surface area contributed by atoms with Gasteiger partial charge in [0.25, 0.3) is 0 Å². The molecule has 2 aromatic carbocycles. The van der Waals surface area contributed by atoms with Gasteiger partial charge in [-0.25, -0.2) is 4.68 Å². The summed E-state index contributed by atoms with van der Waals surface area (Å²) in [5.74, 6) is 1.72. The summed E-state index contributed by atoms with van der Waals surface area (Å²) in [6.07, 6.45) is 5.77. The fraction of sp³-hybridized carbons (Fsp3) is 0.304. The highest BCUT2D eigenvalue weighted by molar-refractivity contribution is 5.79. The smallest absolute Gasteiger partial charge is 0.191 e. The molecule has 29 heavy (non-hydrogen) atoms. The SMILES string of the molecule is CCNC(=NCCc1ccc(OC)cc1)NCCc1cnn(-c2ccccc2)c1. The van der Waals surface area contributed by atoms with Crippen molar-refractivity contribution in [2.24, 2.45) is 4.99 Å². The molecule has 3 aromatic rings. The average molecular weight is 392 g/mol. The number of para-hydroxylation sites is 1. The predicted molar refractivity (Wildman–Crippen MR) is 118 cm³/mol. The Labute approximate surface area is 172 Å². The van der Waals surface area contributed by atoms with Gasteiger partial charge in [-0.05, 0) is 55.2 Å². The van der Waals surface area contributed by atoms with Gasteiger partial charge in [-0.3, -0.25) is 4.99 Å². The summed E-state index contributed by atoms with van der Waals surface area (Å²) < 4.78 is 7.10. The third kappa shape index (κ3) is 6.38. The second-order valence-electron chi connectivity index (χ2n) is 6.66. The van der Waals surface area contributed by atoms with E-state index in [9.17, 15) is 0 Å². The molecule has 0 fully saturated rings. The summed E-state index contributed by atoms with van der Waals surface area (Å²) >= 11 is 0. The number of hydrogen-bond acceptors (Lipinski definition) is 3. The first kappa shape index (κ1) is 20.5. The predicted octanol–water partition coefficient (Wildman–Crippen LogP) is 3.22. The van der Waals surface area contributed by atoms with Crippen molar-refractivity contribution in [3.63, 3.8) is 0 Å². The van der Waals surface area contributed by atoms with Crippen molar-refractivity contribution >= 4 is 5.96 Å². The standard InChI is InChI=1S/C23H29N5O/c1-3-24-23(25-15-13-19-9-11-22(29-2)12-10-19)26-16-14-20-17-27-28(18-20)21-7-5-4-6-8-21/h4-12,17-18H,3,13-16H2,1-2H3,(H2,24,25,26). The molecule has 3 rings (SSSR count). The van der Waals surface area contributed by atoms with Crippen LogP contribution in [0.15, 0.2) is 72.0 Å². The Morgan fingerprint density at radius 2 is 1.79 bits per heavy atom. The molecule has 0 spiro atoms. The quantitative estimate of drug-likeness (QED) is 0.434. The van der Waals surface area contributed by atoms with Gasteiger partial charge >= 0.3 is 0 Å². The molecule has 1 heterocycles. The molecular weight excluding hydrogens is 362 g/mol. The zero-order valence-corrected chi connectivity index (χ0v) is 17.1. The van der Waals surface area contributed by atoms with Crippen molar-refractivity contribution < 1.29 is 4.74 Å². The van der Waals surface area contributed by atoms with Crippen LogP contribution in [0.3, 0.4) is 0 Å². The molecule has 0 bridgehead atoms. The minimum Gasteiger partial charge on any atom is -0.497 e. The van der Waals surface area contributed by atoms with Gasteiger partial charge in [0.15, 0.2) is 5.96 Å². The summed E-state index contributed by atoms with van der Waals surface area (Å²) in [7, 11) is 1.68. The van der Waals surface area contributed by atoms with E-state index in [1.807, 2.05) is 53.3 Å². The number of aromatic nitrogens is 2. The monoisotopic (exact) mass is 391 g/mol. The second kappa shape index (κ2) is 10.9. The summed E-state index contributed by atoms with van der Waals surface area (Å²) in [6.45, 7) is 4.44. The molecule has 1 aromatic heterocycles. The van der Waals surface area contributed by atoms with E-state index in [0.29, 0.717) is 0 Å². The second-order valence-corrected chi connectivity index (χ2v) is 6.66. The van der Waals surface area contributed by atoms with Gasteiger partial charge < -0.3 is 15.4 Å². The number of methoxy groups -OCH3 is 1. The zero-order valence-electron chi connectivity index (χ0n) is 17.1. The fourth-order valence-corrected chi connectivity index (χ4v) is 2.97. The number of aliphatic imine (C=N–C) groups is 1. The summed E-state index contributed by atoms with van der Waals surface area (Å²) in [6, 6.07) is 18.3. The zero-order chi connectivity index (χ0) is 20.3. The molecule has 0 amide bonds. The Bertz CT molecular complexity index is 887. The minimum atomic E-state index is 0.730. The summed E-state index contributed by atoms with van der Waals surface area (Å²) in [5, 5.41) is 11.2. The van der Waals surface area contributed by atoms with Gasteiger partial charge in [0.05, 0.1) is 19.0 Å². The molecule has 0 saturated carbocycles. The average Bonchev–Trinajstić information content (AvgIpc) is 3.24. The lowest BCUT2D eigenvalue weighted by molar-refractivity contribution is 0.414. The first-order chi connectivity index (χ1) is 14.3. The number of nitrogens with zero attached hydrogens (tertiary/aromatic N) is 3. The molecule has 0 radical (unpaired) electrons. The van der Waals surface area contributed by atoms with Crippen LogP contribution in [-0.4, -0.2) is 42.5 Å². The third-order valence-electron chi connectivity index (χ3n) is 4.54. The summed E-state index contributed by atoms with van der Waals surface area (Å²) in [4.78, 5) is 4.68. The van der Waals surface area contributed by atoms with E-state index < -0.39 is 0 Å². The van der Waals surface area contributed by atoms with Gasteiger partial charge in [-0.2, -0.15) is 5.10 Å². The maximum atomic E-state index is 5.20. The van der Waals surface area contributed by atoms with Crippen LogP contribution in [0.4, 0.5) is 0 Å². The van der Waals surface area contributed by atoms with Gasteiger partial charge in [0, 0.05) is 25.8 Å². The molecule has 152 valence electrons. The minimum absolute atomic E-state index is 0.730. The van der Waals surface area contributed by atoms with E-state index >= 15 is 0 Å². The number of ether oxygens (including phenoxy) is 1. The van der Waals surface area contributed by atoms with Crippen molar-refractivity contribution in [3.8, 4) is 11.4 Å². The maximum Gasteiger partial charge on any atom is 0.191 e. The fourth-order valence-electron chi connectivity index (χ4n) is 2.97. The Morgan fingerprint density at radius 3 is 2.52 bits per heavy atom. The first-order valence-electron chi connectivity index (χ1n) is 10.0. The molecule has 2 N–H and O–H groups in total. The Kier molecular flexibility index (Phi) is 7.69. The number of rotatable bonds is 9. The lowest BCUT2D eigenvalue weighted by Crippen LogP contribution is -2.38. The summed E-state index contributed by atoms with van der Waals surface area (Å²) in [5.41, 5.74) is 3.51. The highest BCUT2D eigenvalue weighted by Gasteiger charge is 2.02. The van der Waals surface area contributed by atoms with Crippen molar-refractivity contribution in [1.82, 2.24) is 20.4 Å². The van der Waals surface area contributed by atoms with Gasteiger partial charge in [0.1, 0.15) is 5.75 Å². The van der Waals surface area contributed by atoms with Crippen LogP contribution in [0.25, 0.3) is 5.69 Å². The maximum absolute atomic E-state index is 5.20. The molecule has 0 aliphatic heterocycles. The van der Waals surface area contributed by atoms with E-state index in [2.05, 4.69) is 46.0 Å². The van der Waals surface area contributed by atoms with Crippen LogP contribution in [0.2, 0.25) is 0 Å². The number of nitrogens with one attached hydrogen (secondary N) is 2. The Balaban J connectivity index is 1.47. The molecule has 0 saturated heterocycles. The third-order valence-corrected chi connectivity index (χ3v) is 4.54. The van der Waals surface area contributed by atoms with Crippen molar-refractivity contribution in [3.05, 3.63) is 78.1 Å². The van der Waals surface area contributed by atoms with Crippen LogP contribution >= 0.6 is 0 Å². The van der Waals surface area contributed by atoms with E-state index in [0.717, 1.165) is 49.9 Å². The Hall–Kier alpha value is -3.28. The largest absolute Gasteiger partial charge is 0.497 e. The molecule has 6 nitrogen and oxygen atoms in total. The normalized spacial score (nSPS) is 11.3. The lowest BCUT2D eigenvalue weighted by atomic mass is 10.1. The van der Waals surface area contributed by atoms with Crippen molar-refractivity contribution in [2.45, 2.75) is 19.8 Å². The number of hydrogen-bond donors (Lipinski definition) is 2. The van der Waals surface area contributed by atoms with E-state index in [1.165, 1.54) is 11.1 Å². The number of guanidine groups is 1. The van der Waals surface area contributed by atoms with E-state index in [4.69, 9.17) is 4.74 Å². The Morgan fingerprint density at radius 1 is 1.00 bits per heavy atom. The van der Waals surface area contributed by atoms with Crippen LogP contribution in [0.1, 0.15) is 18.1 Å². The van der Waals surface area contributed by atoms with Gasteiger partial charge in [-0.15, -0.1) is 0 Å². The van der Waals surface area contributed by atoms with Gasteiger partial charge in [-0.1, -0.05) is 30.3 Å². The highest BCUT2D eigenvalue weighted by atomic mass is 16.5. The molecule has 0 unspecified atom stereocenters. The first-order valence-corrected chi connectivity index (χ1v) is 10.0. The molecule has 0 atom stereocenters. The van der Waals surface area contributed by atoms with Crippen LogP contribution in [0.5, 0.6) is 5.75 Å². The van der Waals surface area contributed by atoms with Crippen molar-refractivity contribution in [2.75, 3.05) is 26.7 Å². The molecule has 6 heteroatoms.